The Hall–Kier alpha value is -2.33. The first-order chi connectivity index (χ1) is 11.6. The van der Waals surface area contributed by atoms with Gasteiger partial charge in [-0.25, -0.2) is 26.5 Å². The first-order valence-electron chi connectivity index (χ1n) is 7.36. The van der Waals surface area contributed by atoms with E-state index in [4.69, 9.17) is 0 Å². The molecule has 0 atom stereocenters. The second-order valence-corrected chi connectivity index (χ2v) is 10.2. The van der Waals surface area contributed by atoms with Gasteiger partial charge >= 0.3 is 0 Å². The Bertz CT molecular complexity index is 1170. The largest absolute Gasteiger partial charge is 0.248 e. The zero-order chi connectivity index (χ0) is 18.4. The molecule has 0 spiro atoms. The van der Waals surface area contributed by atoms with Crippen molar-refractivity contribution >= 4 is 30.7 Å². The van der Waals surface area contributed by atoms with Crippen molar-refractivity contribution in [2.45, 2.75) is 29.1 Å². The summed E-state index contributed by atoms with van der Waals surface area (Å²) in [5, 5.41) is 3.73. The van der Waals surface area contributed by atoms with E-state index in [1.807, 2.05) is 0 Å². The van der Waals surface area contributed by atoms with Gasteiger partial charge in [-0.3, -0.25) is 0 Å². The molecule has 0 aliphatic carbocycles. The lowest BCUT2D eigenvalue weighted by atomic mass is 10.3. The second kappa shape index (κ2) is 5.88. The molecule has 0 unspecified atom stereocenters. The van der Waals surface area contributed by atoms with Crippen LogP contribution >= 0.6 is 0 Å². The van der Waals surface area contributed by atoms with E-state index in [2.05, 4.69) is 15.1 Å². The van der Waals surface area contributed by atoms with Gasteiger partial charge < -0.3 is 0 Å². The average molecular weight is 380 g/mol. The molecule has 3 rings (SSSR count). The lowest BCUT2D eigenvalue weighted by molar-refractivity contribution is 0.585. The van der Waals surface area contributed by atoms with E-state index >= 15 is 0 Å². The first kappa shape index (κ1) is 17.5. The van der Waals surface area contributed by atoms with Gasteiger partial charge in [0.25, 0.3) is 0 Å². The van der Waals surface area contributed by atoms with E-state index in [1.165, 1.54) is 23.1 Å². The van der Waals surface area contributed by atoms with Crippen molar-refractivity contribution in [1.29, 1.82) is 0 Å². The van der Waals surface area contributed by atoms with E-state index < -0.39 is 24.9 Å². The number of fused-ring (bicyclic) bond motifs is 1. The van der Waals surface area contributed by atoms with Gasteiger partial charge in [-0.05, 0) is 26.0 Å². The molecule has 0 saturated carbocycles. The maximum Gasteiger partial charge on any atom is 0.248 e. The van der Waals surface area contributed by atoms with Crippen LogP contribution in [0.5, 0.6) is 0 Å². The van der Waals surface area contributed by atoms with Gasteiger partial charge in [-0.1, -0.05) is 12.1 Å². The van der Waals surface area contributed by atoms with Crippen molar-refractivity contribution in [3.63, 3.8) is 0 Å². The third-order valence-electron chi connectivity index (χ3n) is 3.64. The summed E-state index contributed by atoms with van der Waals surface area (Å²) in [4.78, 5) is 7.98. The molecule has 2 heterocycles. The van der Waals surface area contributed by atoms with Gasteiger partial charge in [0.1, 0.15) is 0 Å². The van der Waals surface area contributed by atoms with E-state index in [9.17, 15) is 16.8 Å². The van der Waals surface area contributed by atoms with Crippen LogP contribution in [0.2, 0.25) is 0 Å². The van der Waals surface area contributed by atoms with Crippen LogP contribution in [-0.4, -0.2) is 48.1 Å². The van der Waals surface area contributed by atoms with Crippen LogP contribution in [0.3, 0.4) is 0 Å². The van der Waals surface area contributed by atoms with Crippen LogP contribution in [0.4, 0.5) is 0 Å². The second-order valence-electron chi connectivity index (χ2n) is 5.82. The Labute approximate surface area is 145 Å². The molecule has 0 saturated heterocycles. The summed E-state index contributed by atoms with van der Waals surface area (Å²) in [6.07, 6.45) is 3.81. The normalized spacial score (nSPS) is 12.8. The van der Waals surface area contributed by atoms with Crippen LogP contribution in [-0.2, 0) is 19.7 Å². The third-order valence-corrected chi connectivity index (χ3v) is 6.70. The molecular formula is C15H16N4O4S2. The quantitative estimate of drug-likeness (QED) is 0.629. The molecule has 0 radical (unpaired) electrons. The summed E-state index contributed by atoms with van der Waals surface area (Å²) >= 11 is 0. The number of hydrogen-bond acceptors (Lipinski definition) is 7. The van der Waals surface area contributed by atoms with Gasteiger partial charge in [0.2, 0.25) is 15.0 Å². The summed E-state index contributed by atoms with van der Waals surface area (Å²) in [6.45, 7) is 3.19. The molecule has 25 heavy (non-hydrogen) atoms. The lowest BCUT2D eigenvalue weighted by Crippen LogP contribution is -2.17. The summed E-state index contributed by atoms with van der Waals surface area (Å²) in [5.41, 5.74) is 0.534. The van der Waals surface area contributed by atoms with E-state index in [1.54, 1.807) is 32.0 Å². The topological polar surface area (TPSA) is 112 Å². The molecule has 132 valence electrons. The lowest BCUT2D eigenvalue weighted by Gasteiger charge is -2.13. The molecule has 0 aliphatic rings. The molecular weight excluding hydrogens is 364 g/mol. The minimum absolute atomic E-state index is 0.106. The SMILES string of the molecule is CC(C)S(=O)(=O)c1ccccc1-n1ncc2cnc(S(C)(=O)=O)nc21. The van der Waals surface area contributed by atoms with E-state index in [0.29, 0.717) is 11.1 Å². The minimum atomic E-state index is -3.60. The Morgan fingerprint density at radius 3 is 2.36 bits per heavy atom. The highest BCUT2D eigenvalue weighted by atomic mass is 32.2. The molecule has 2 aromatic heterocycles. The van der Waals surface area contributed by atoms with Gasteiger partial charge in [0.15, 0.2) is 15.5 Å². The number of hydrogen-bond donors (Lipinski definition) is 0. The zero-order valence-electron chi connectivity index (χ0n) is 13.8. The molecule has 0 aliphatic heterocycles. The smallest absolute Gasteiger partial charge is 0.226 e. The standard InChI is InChI=1S/C15H16N4O4S2/c1-10(2)25(22,23)13-7-5-4-6-12(13)19-14-11(9-17-19)8-16-15(18-14)24(3,20)21/h4-10H,1-3H3. The Kier molecular flexibility index (Phi) is 4.12. The molecule has 0 bridgehead atoms. The predicted molar refractivity (Wildman–Crippen MR) is 92.1 cm³/mol. The Balaban J connectivity index is 2.32. The van der Waals surface area contributed by atoms with E-state index in [-0.39, 0.29) is 15.7 Å². The molecule has 10 heteroatoms. The van der Waals surface area contributed by atoms with Crippen molar-refractivity contribution in [3.8, 4) is 5.69 Å². The molecule has 0 N–H and O–H groups in total. The highest BCUT2D eigenvalue weighted by Crippen LogP contribution is 2.26. The van der Waals surface area contributed by atoms with Crippen LogP contribution < -0.4 is 0 Å². The fraction of sp³-hybridized carbons (Fsp3) is 0.267. The van der Waals surface area contributed by atoms with Crippen molar-refractivity contribution in [2.75, 3.05) is 6.26 Å². The van der Waals surface area contributed by atoms with Crippen molar-refractivity contribution < 1.29 is 16.8 Å². The summed E-state index contributed by atoms with van der Waals surface area (Å²) < 4.78 is 50.0. The Morgan fingerprint density at radius 2 is 1.72 bits per heavy atom. The predicted octanol–water partition coefficient (Wildman–Crippen LogP) is 1.40. The maximum atomic E-state index is 12.6. The van der Waals surface area contributed by atoms with Crippen LogP contribution in [0.25, 0.3) is 16.7 Å². The summed E-state index contributed by atoms with van der Waals surface area (Å²) in [5.74, 6) is 0. The number of nitrogens with zero attached hydrogens (tertiary/aromatic N) is 4. The molecule has 8 nitrogen and oxygen atoms in total. The third kappa shape index (κ3) is 3.02. The number of benzene rings is 1. The van der Waals surface area contributed by atoms with Crippen LogP contribution in [0.1, 0.15) is 13.8 Å². The van der Waals surface area contributed by atoms with Crippen molar-refractivity contribution in [2.24, 2.45) is 0 Å². The van der Waals surface area contributed by atoms with Gasteiger partial charge in [0.05, 0.1) is 27.4 Å². The molecule has 0 fully saturated rings. The highest BCUT2D eigenvalue weighted by Gasteiger charge is 2.25. The highest BCUT2D eigenvalue weighted by molar-refractivity contribution is 7.92. The monoisotopic (exact) mass is 380 g/mol. The minimum Gasteiger partial charge on any atom is -0.226 e. The number of rotatable bonds is 4. The van der Waals surface area contributed by atoms with Gasteiger partial charge in [-0.15, -0.1) is 0 Å². The van der Waals surface area contributed by atoms with Crippen LogP contribution in [0, 0.1) is 0 Å². The van der Waals surface area contributed by atoms with Crippen LogP contribution in [0.15, 0.2) is 46.7 Å². The molecule has 3 aromatic rings. The fourth-order valence-electron chi connectivity index (χ4n) is 2.28. The number of sulfone groups is 2. The maximum absolute atomic E-state index is 12.6. The zero-order valence-corrected chi connectivity index (χ0v) is 15.4. The summed E-state index contributed by atoms with van der Waals surface area (Å²) in [7, 11) is -7.17. The van der Waals surface area contributed by atoms with Crippen molar-refractivity contribution in [1.82, 2.24) is 19.7 Å². The fourth-order valence-corrected chi connectivity index (χ4v) is 4.00. The Morgan fingerprint density at radius 1 is 1.04 bits per heavy atom. The molecule has 1 aromatic carbocycles. The van der Waals surface area contributed by atoms with Gasteiger partial charge in [0, 0.05) is 12.5 Å². The summed E-state index contributed by atoms with van der Waals surface area (Å²) in [6, 6.07) is 6.41. The van der Waals surface area contributed by atoms with E-state index in [0.717, 1.165) is 6.26 Å². The van der Waals surface area contributed by atoms with Gasteiger partial charge in [-0.2, -0.15) is 10.1 Å². The average Bonchev–Trinajstić information content (AvgIpc) is 2.96. The molecule has 0 amide bonds. The first-order valence-corrected chi connectivity index (χ1v) is 10.8. The number of aromatic nitrogens is 4. The van der Waals surface area contributed by atoms with Crippen molar-refractivity contribution in [3.05, 3.63) is 36.7 Å². The number of para-hydroxylation sites is 1.